The molecule has 0 aromatic heterocycles. The van der Waals surface area contributed by atoms with Gasteiger partial charge in [0.2, 0.25) is 0 Å². The second-order valence-electron chi connectivity index (χ2n) is 2.00. The van der Waals surface area contributed by atoms with Crippen LogP contribution in [0.15, 0.2) is 36.6 Å². The Morgan fingerprint density at radius 2 is 2.27 bits per heavy atom. The molecule has 3 nitrogen and oxygen atoms in total. The minimum Gasteiger partial charge on any atom is -0.258 e. The molecule has 0 aliphatic carbocycles. The normalized spacial score (nSPS) is 10.8. The Hall–Kier alpha value is -1.38. The first-order chi connectivity index (χ1) is 5.13. The third-order valence-corrected chi connectivity index (χ3v) is 1.26. The molecule has 0 unspecified atom stereocenters. The molecule has 0 aromatic carbocycles. The Morgan fingerprint density at radius 3 is 2.55 bits per heavy atom. The number of hydrogen-bond acceptors (Lipinski definition) is 2. The lowest BCUT2D eigenvalue weighted by Crippen LogP contribution is -2.00. The van der Waals surface area contributed by atoms with Gasteiger partial charge in [0.15, 0.2) is 0 Å². The molecule has 0 spiro atoms. The molecule has 3 heteroatoms. The van der Waals surface area contributed by atoms with E-state index in [0.29, 0.717) is 12.0 Å². The smallest absolute Gasteiger partial charge is 0.258 e. The summed E-state index contributed by atoms with van der Waals surface area (Å²) in [5.41, 5.74) is 0.567. The Bertz CT molecular complexity index is 216. The number of hydrogen-bond donors (Lipinski definition) is 0. The maximum atomic E-state index is 10.3. The van der Waals surface area contributed by atoms with Crippen LogP contribution in [0, 0.1) is 10.1 Å². The Labute approximate surface area is 65.9 Å². The van der Waals surface area contributed by atoms with Gasteiger partial charge in [0, 0.05) is 11.6 Å². The zero-order valence-corrected chi connectivity index (χ0v) is 6.54. The molecule has 0 atom stereocenters. The Morgan fingerprint density at radius 1 is 1.73 bits per heavy atom. The van der Waals surface area contributed by atoms with E-state index < -0.39 is 4.92 Å². The number of nitro groups is 1. The minimum absolute atomic E-state index is 0.0440. The molecule has 0 bridgehead atoms. The van der Waals surface area contributed by atoms with Crippen molar-refractivity contribution in [3.05, 3.63) is 46.7 Å². The molecule has 11 heavy (non-hydrogen) atoms. The molecule has 0 heterocycles. The van der Waals surface area contributed by atoms with E-state index in [1.165, 1.54) is 12.2 Å². The van der Waals surface area contributed by atoms with E-state index in [2.05, 4.69) is 13.2 Å². The maximum absolute atomic E-state index is 10.3. The van der Waals surface area contributed by atoms with Crippen molar-refractivity contribution in [1.82, 2.24) is 0 Å². The summed E-state index contributed by atoms with van der Waals surface area (Å²) < 4.78 is 0. The average molecular weight is 153 g/mol. The fourth-order valence-corrected chi connectivity index (χ4v) is 0.601. The Kier molecular flexibility index (Phi) is 3.88. The SMILES string of the molecule is C=C/C=C(\C(=C)CC)[N+](=O)[O-]. The van der Waals surface area contributed by atoms with Crippen molar-refractivity contribution in [2.75, 3.05) is 0 Å². The van der Waals surface area contributed by atoms with Crippen LogP contribution in [0.25, 0.3) is 0 Å². The second-order valence-corrected chi connectivity index (χ2v) is 2.00. The molecule has 0 aromatic rings. The van der Waals surface area contributed by atoms with Crippen LogP contribution in [0.2, 0.25) is 0 Å². The molecular weight excluding hydrogens is 142 g/mol. The predicted octanol–water partition coefficient (Wildman–Crippen LogP) is 2.30. The molecule has 0 saturated carbocycles. The van der Waals surface area contributed by atoms with Crippen LogP contribution in [0.4, 0.5) is 0 Å². The van der Waals surface area contributed by atoms with E-state index in [1.54, 1.807) is 0 Å². The van der Waals surface area contributed by atoms with Gasteiger partial charge in [-0.3, -0.25) is 10.1 Å². The molecule has 0 rings (SSSR count). The zero-order valence-electron chi connectivity index (χ0n) is 6.54. The van der Waals surface area contributed by atoms with E-state index in [0.717, 1.165) is 0 Å². The fourth-order valence-electron chi connectivity index (χ4n) is 0.601. The lowest BCUT2D eigenvalue weighted by atomic mass is 10.1. The topological polar surface area (TPSA) is 43.1 Å². The van der Waals surface area contributed by atoms with Gasteiger partial charge < -0.3 is 0 Å². The first-order valence-electron chi connectivity index (χ1n) is 3.28. The van der Waals surface area contributed by atoms with Gasteiger partial charge in [-0.2, -0.15) is 0 Å². The van der Waals surface area contributed by atoms with Gasteiger partial charge in [-0.05, 0) is 6.42 Å². The highest BCUT2D eigenvalue weighted by Gasteiger charge is 2.11. The van der Waals surface area contributed by atoms with Gasteiger partial charge in [-0.25, -0.2) is 0 Å². The predicted molar refractivity (Wildman–Crippen MR) is 44.7 cm³/mol. The van der Waals surface area contributed by atoms with Crippen molar-refractivity contribution in [1.29, 1.82) is 0 Å². The van der Waals surface area contributed by atoms with E-state index >= 15 is 0 Å². The van der Waals surface area contributed by atoms with Crippen LogP contribution in [-0.2, 0) is 0 Å². The van der Waals surface area contributed by atoms with E-state index in [4.69, 9.17) is 0 Å². The van der Waals surface area contributed by atoms with Crippen LogP contribution in [0.1, 0.15) is 13.3 Å². The molecule has 0 amide bonds. The van der Waals surface area contributed by atoms with Crippen molar-refractivity contribution in [3.63, 3.8) is 0 Å². The van der Waals surface area contributed by atoms with E-state index in [1.807, 2.05) is 6.92 Å². The van der Waals surface area contributed by atoms with E-state index in [-0.39, 0.29) is 5.70 Å². The maximum Gasteiger partial charge on any atom is 0.271 e. The average Bonchev–Trinajstić information content (AvgIpc) is 1.98. The van der Waals surface area contributed by atoms with Crippen molar-refractivity contribution in [2.45, 2.75) is 13.3 Å². The standard InChI is InChI=1S/C8H11NO2/c1-4-6-8(9(10)11)7(3)5-2/h4,6H,1,3,5H2,2H3/b8-6+. The molecule has 0 saturated heterocycles. The zero-order chi connectivity index (χ0) is 8.85. The lowest BCUT2D eigenvalue weighted by molar-refractivity contribution is -0.420. The molecule has 0 aliphatic rings. The largest absolute Gasteiger partial charge is 0.271 e. The molecule has 0 fully saturated rings. The van der Waals surface area contributed by atoms with Gasteiger partial charge in [0.25, 0.3) is 5.70 Å². The summed E-state index contributed by atoms with van der Waals surface area (Å²) in [5.74, 6) is 0. The van der Waals surface area contributed by atoms with Crippen LogP contribution in [0.5, 0.6) is 0 Å². The molecule has 0 radical (unpaired) electrons. The van der Waals surface area contributed by atoms with Crippen molar-refractivity contribution in [2.24, 2.45) is 0 Å². The summed E-state index contributed by atoms with van der Waals surface area (Å²) in [5, 5.41) is 10.3. The van der Waals surface area contributed by atoms with Crippen molar-refractivity contribution >= 4 is 0 Å². The lowest BCUT2D eigenvalue weighted by Gasteiger charge is -1.96. The van der Waals surface area contributed by atoms with Crippen molar-refractivity contribution < 1.29 is 4.92 Å². The number of rotatable bonds is 4. The third kappa shape index (κ3) is 2.80. The number of allylic oxidation sites excluding steroid dienone is 3. The van der Waals surface area contributed by atoms with Crippen LogP contribution in [-0.4, -0.2) is 4.92 Å². The van der Waals surface area contributed by atoms with Gasteiger partial charge in [-0.15, -0.1) is 0 Å². The molecule has 0 aliphatic heterocycles. The quantitative estimate of drug-likeness (QED) is 0.353. The van der Waals surface area contributed by atoms with Gasteiger partial charge >= 0.3 is 0 Å². The van der Waals surface area contributed by atoms with Gasteiger partial charge in [0.05, 0.1) is 4.92 Å². The second kappa shape index (κ2) is 4.44. The first kappa shape index (κ1) is 9.62. The van der Waals surface area contributed by atoms with Gasteiger partial charge in [-0.1, -0.05) is 26.2 Å². The van der Waals surface area contributed by atoms with Gasteiger partial charge in [0.1, 0.15) is 0 Å². The van der Waals surface area contributed by atoms with Crippen LogP contribution >= 0.6 is 0 Å². The summed E-state index contributed by atoms with van der Waals surface area (Å²) >= 11 is 0. The minimum atomic E-state index is -0.451. The van der Waals surface area contributed by atoms with E-state index in [9.17, 15) is 10.1 Å². The summed E-state index contributed by atoms with van der Waals surface area (Å²) in [6, 6.07) is 0. The first-order valence-corrected chi connectivity index (χ1v) is 3.28. The molecule has 0 N–H and O–H groups in total. The molecule has 60 valence electrons. The highest BCUT2D eigenvalue weighted by molar-refractivity contribution is 5.24. The summed E-state index contributed by atoms with van der Waals surface area (Å²) in [6.45, 7) is 8.76. The number of nitrogens with zero attached hydrogens (tertiary/aromatic N) is 1. The summed E-state index contributed by atoms with van der Waals surface area (Å²) in [6.07, 6.45) is 3.32. The fraction of sp³-hybridized carbons (Fsp3) is 0.250. The van der Waals surface area contributed by atoms with Crippen LogP contribution in [0.3, 0.4) is 0 Å². The summed E-state index contributed by atoms with van der Waals surface area (Å²) in [7, 11) is 0. The highest BCUT2D eigenvalue weighted by atomic mass is 16.6. The van der Waals surface area contributed by atoms with Crippen LogP contribution < -0.4 is 0 Å². The monoisotopic (exact) mass is 153 g/mol. The van der Waals surface area contributed by atoms with Crippen molar-refractivity contribution in [3.8, 4) is 0 Å². The highest BCUT2D eigenvalue weighted by Crippen LogP contribution is 2.11. The summed E-state index contributed by atoms with van der Waals surface area (Å²) in [4.78, 5) is 9.87. The molecular formula is C8H11NO2. The third-order valence-electron chi connectivity index (χ3n) is 1.26. The Balaban J connectivity index is 4.61.